The quantitative estimate of drug-likeness (QED) is 0.866. The van der Waals surface area contributed by atoms with Crippen molar-refractivity contribution in [2.24, 2.45) is 0 Å². The zero-order valence-corrected chi connectivity index (χ0v) is 13.2. The van der Waals surface area contributed by atoms with Crippen LogP contribution in [0.3, 0.4) is 0 Å². The van der Waals surface area contributed by atoms with E-state index in [0.29, 0.717) is 6.42 Å². The summed E-state index contributed by atoms with van der Waals surface area (Å²) in [4.78, 5) is 1.20. The molecule has 1 N–H and O–H groups in total. The zero-order valence-electron chi connectivity index (χ0n) is 10.8. The van der Waals surface area contributed by atoms with E-state index in [1.54, 1.807) is 11.3 Å². The molecule has 0 aliphatic carbocycles. The van der Waals surface area contributed by atoms with Gasteiger partial charge in [0.15, 0.2) is 0 Å². The fraction of sp³-hybridized carbons (Fsp3) is 0.333. The lowest BCUT2D eigenvalue weighted by atomic mass is 9.95. The van der Waals surface area contributed by atoms with E-state index in [0.717, 1.165) is 10.0 Å². The first-order valence-electron chi connectivity index (χ1n) is 5.96. The van der Waals surface area contributed by atoms with Gasteiger partial charge in [-0.3, -0.25) is 0 Å². The summed E-state index contributed by atoms with van der Waals surface area (Å²) in [6.07, 6.45) is 0.259. The molecule has 0 fully saturated rings. The van der Waals surface area contributed by atoms with E-state index in [1.807, 2.05) is 0 Å². The molecule has 2 rings (SSSR count). The van der Waals surface area contributed by atoms with Gasteiger partial charge in [-0.25, -0.2) is 0 Å². The number of aliphatic hydroxyl groups excluding tert-OH is 1. The highest BCUT2D eigenvalue weighted by Gasteiger charge is 2.13. The molecule has 0 aliphatic heterocycles. The van der Waals surface area contributed by atoms with Crippen molar-refractivity contribution in [2.75, 3.05) is 0 Å². The molecule has 1 heterocycles. The molecular formula is C15H17BrOS. The lowest BCUT2D eigenvalue weighted by Crippen LogP contribution is -2.04. The summed E-state index contributed by atoms with van der Waals surface area (Å²) in [5.41, 5.74) is 4.73. The van der Waals surface area contributed by atoms with Gasteiger partial charge in [0.05, 0.1) is 6.10 Å². The van der Waals surface area contributed by atoms with Crippen LogP contribution >= 0.6 is 27.3 Å². The standard InChI is InChI=1S/C15H17BrOS/c1-9-4-11(3)14(5-10(9)2)15(17)7-13-6-12(16)8-18-13/h4-6,8,15,17H,7H2,1-3H3. The second-order valence-corrected chi connectivity index (χ2v) is 6.66. The Morgan fingerprint density at radius 1 is 1.11 bits per heavy atom. The Morgan fingerprint density at radius 2 is 1.78 bits per heavy atom. The van der Waals surface area contributed by atoms with Gasteiger partial charge in [0.1, 0.15) is 0 Å². The normalized spacial score (nSPS) is 12.7. The third-order valence-electron chi connectivity index (χ3n) is 3.26. The maximum atomic E-state index is 10.4. The topological polar surface area (TPSA) is 20.2 Å². The van der Waals surface area contributed by atoms with Gasteiger partial charge in [-0.1, -0.05) is 12.1 Å². The minimum absolute atomic E-state index is 0.421. The van der Waals surface area contributed by atoms with Gasteiger partial charge >= 0.3 is 0 Å². The smallest absolute Gasteiger partial charge is 0.0840 e. The number of hydrogen-bond donors (Lipinski definition) is 1. The summed E-state index contributed by atoms with van der Waals surface area (Å²) in [5.74, 6) is 0. The van der Waals surface area contributed by atoms with E-state index in [4.69, 9.17) is 0 Å². The van der Waals surface area contributed by atoms with Crippen molar-refractivity contribution < 1.29 is 5.11 Å². The van der Waals surface area contributed by atoms with Crippen LogP contribution in [0.4, 0.5) is 0 Å². The summed E-state index contributed by atoms with van der Waals surface area (Å²) >= 11 is 5.12. The minimum atomic E-state index is -0.421. The van der Waals surface area contributed by atoms with E-state index >= 15 is 0 Å². The maximum absolute atomic E-state index is 10.4. The van der Waals surface area contributed by atoms with Crippen LogP contribution in [0.15, 0.2) is 28.1 Å². The van der Waals surface area contributed by atoms with E-state index < -0.39 is 6.10 Å². The van der Waals surface area contributed by atoms with Gasteiger partial charge in [0.25, 0.3) is 0 Å². The van der Waals surface area contributed by atoms with Gasteiger partial charge < -0.3 is 5.11 Å². The summed E-state index contributed by atoms with van der Waals surface area (Å²) in [6.45, 7) is 6.26. The van der Waals surface area contributed by atoms with Gasteiger partial charge in [0.2, 0.25) is 0 Å². The van der Waals surface area contributed by atoms with Crippen LogP contribution in [0.5, 0.6) is 0 Å². The predicted molar refractivity (Wildman–Crippen MR) is 81.3 cm³/mol. The number of rotatable bonds is 3. The van der Waals surface area contributed by atoms with E-state index in [2.05, 4.69) is 60.3 Å². The molecule has 1 aromatic heterocycles. The maximum Gasteiger partial charge on any atom is 0.0840 e. The molecule has 0 saturated carbocycles. The average molecular weight is 325 g/mol. The summed E-state index contributed by atoms with van der Waals surface area (Å²) in [6, 6.07) is 6.33. The molecule has 96 valence electrons. The van der Waals surface area contributed by atoms with Crippen molar-refractivity contribution in [1.29, 1.82) is 0 Å². The van der Waals surface area contributed by atoms with Crippen molar-refractivity contribution in [3.63, 3.8) is 0 Å². The molecule has 1 aromatic carbocycles. The number of thiophene rings is 1. The third kappa shape index (κ3) is 3.02. The molecule has 1 atom stereocenters. The fourth-order valence-corrected chi connectivity index (χ4v) is 3.59. The third-order valence-corrected chi connectivity index (χ3v) is 4.98. The van der Waals surface area contributed by atoms with Crippen molar-refractivity contribution in [2.45, 2.75) is 33.3 Å². The van der Waals surface area contributed by atoms with Crippen molar-refractivity contribution in [3.05, 3.63) is 55.2 Å². The highest BCUT2D eigenvalue weighted by molar-refractivity contribution is 9.10. The molecule has 0 aliphatic rings. The van der Waals surface area contributed by atoms with Crippen LogP contribution in [0.25, 0.3) is 0 Å². The number of benzene rings is 1. The van der Waals surface area contributed by atoms with Crippen LogP contribution in [-0.2, 0) is 6.42 Å². The second kappa shape index (κ2) is 5.55. The lowest BCUT2D eigenvalue weighted by molar-refractivity contribution is 0.178. The highest BCUT2D eigenvalue weighted by atomic mass is 79.9. The highest BCUT2D eigenvalue weighted by Crippen LogP contribution is 2.28. The lowest BCUT2D eigenvalue weighted by Gasteiger charge is -2.15. The van der Waals surface area contributed by atoms with Crippen molar-refractivity contribution >= 4 is 27.3 Å². The van der Waals surface area contributed by atoms with Crippen LogP contribution in [0, 0.1) is 20.8 Å². The molecule has 3 heteroatoms. The Balaban J connectivity index is 2.23. The first kappa shape index (κ1) is 13.8. The monoisotopic (exact) mass is 324 g/mol. The SMILES string of the molecule is Cc1cc(C)c(C(O)Cc2cc(Br)cs2)cc1C. The van der Waals surface area contributed by atoms with Crippen molar-refractivity contribution in [1.82, 2.24) is 0 Å². The summed E-state index contributed by atoms with van der Waals surface area (Å²) in [7, 11) is 0. The van der Waals surface area contributed by atoms with E-state index in [9.17, 15) is 5.11 Å². The molecule has 0 radical (unpaired) electrons. The molecule has 18 heavy (non-hydrogen) atoms. The molecule has 0 saturated heterocycles. The van der Waals surface area contributed by atoms with Gasteiger partial charge in [-0.2, -0.15) is 0 Å². The van der Waals surface area contributed by atoms with Crippen molar-refractivity contribution in [3.8, 4) is 0 Å². The number of aryl methyl sites for hydroxylation is 3. The van der Waals surface area contributed by atoms with E-state index in [1.165, 1.54) is 21.6 Å². The Labute approximate surface area is 121 Å². The first-order chi connectivity index (χ1) is 8.47. The predicted octanol–water partition coefficient (Wildman–Crippen LogP) is 4.71. The molecular weight excluding hydrogens is 308 g/mol. The second-order valence-electron chi connectivity index (χ2n) is 4.74. The molecule has 1 nitrogen and oxygen atoms in total. The zero-order chi connectivity index (χ0) is 13.3. The Hall–Kier alpha value is -0.640. The molecule has 0 bridgehead atoms. The molecule has 2 aromatic rings. The molecule has 1 unspecified atom stereocenters. The molecule has 0 spiro atoms. The Morgan fingerprint density at radius 3 is 2.39 bits per heavy atom. The largest absolute Gasteiger partial charge is 0.388 e. The molecule has 0 amide bonds. The first-order valence-corrected chi connectivity index (χ1v) is 7.63. The Bertz CT molecular complexity index is 560. The average Bonchev–Trinajstić information content (AvgIpc) is 2.69. The van der Waals surface area contributed by atoms with E-state index in [-0.39, 0.29) is 0 Å². The number of halogens is 1. The van der Waals surface area contributed by atoms with Gasteiger partial charge in [-0.15, -0.1) is 11.3 Å². The Kier molecular flexibility index (Phi) is 4.25. The number of hydrogen-bond acceptors (Lipinski definition) is 2. The van der Waals surface area contributed by atoms with Crippen LogP contribution in [-0.4, -0.2) is 5.11 Å². The van der Waals surface area contributed by atoms with Gasteiger partial charge in [0, 0.05) is 21.2 Å². The fourth-order valence-electron chi connectivity index (χ4n) is 2.10. The van der Waals surface area contributed by atoms with Gasteiger partial charge in [-0.05, 0) is 65.0 Å². The minimum Gasteiger partial charge on any atom is -0.388 e. The summed E-state index contributed by atoms with van der Waals surface area (Å²) < 4.78 is 1.09. The van der Waals surface area contributed by atoms with Crippen LogP contribution in [0.2, 0.25) is 0 Å². The summed E-state index contributed by atoms with van der Waals surface area (Å²) in [5, 5.41) is 12.4. The van der Waals surface area contributed by atoms with Crippen LogP contribution < -0.4 is 0 Å². The van der Waals surface area contributed by atoms with Crippen LogP contribution in [0.1, 0.15) is 33.2 Å². The number of aliphatic hydroxyl groups is 1.